The zero-order valence-electron chi connectivity index (χ0n) is 9.12. The van der Waals surface area contributed by atoms with Crippen LogP contribution in [0, 0.1) is 11.8 Å². The Morgan fingerprint density at radius 1 is 1.07 bits per heavy atom. The van der Waals surface area contributed by atoms with Crippen molar-refractivity contribution in [1.82, 2.24) is 0 Å². The van der Waals surface area contributed by atoms with E-state index in [9.17, 15) is 9.59 Å². The van der Waals surface area contributed by atoms with Gasteiger partial charge < -0.3 is 9.47 Å². The Morgan fingerprint density at radius 3 is 1.93 bits per heavy atom. The topological polar surface area (TPSA) is 52.6 Å². The highest BCUT2D eigenvalue weighted by Crippen LogP contribution is 2.46. The molecule has 2 bridgehead atoms. The van der Waals surface area contributed by atoms with Crippen LogP contribution < -0.4 is 0 Å². The first-order valence-electron chi connectivity index (χ1n) is 5.31. The van der Waals surface area contributed by atoms with E-state index in [0.717, 1.165) is 19.3 Å². The lowest BCUT2D eigenvalue weighted by molar-refractivity contribution is -0.276. The molecule has 2 aliphatic carbocycles. The Bertz CT molecular complexity index is 269. The van der Waals surface area contributed by atoms with E-state index in [-0.39, 0.29) is 29.8 Å². The van der Waals surface area contributed by atoms with Crippen molar-refractivity contribution in [2.24, 2.45) is 11.8 Å². The van der Waals surface area contributed by atoms with E-state index >= 15 is 0 Å². The third kappa shape index (κ3) is 1.35. The lowest BCUT2D eigenvalue weighted by Crippen LogP contribution is -2.60. The fourth-order valence-electron chi connectivity index (χ4n) is 3.01. The SMILES string of the molecule is COC1(OC)C2CCCC1C(=O)CC2=O. The Kier molecular flexibility index (Phi) is 2.64. The molecule has 0 aromatic rings. The van der Waals surface area contributed by atoms with Crippen molar-refractivity contribution in [3.05, 3.63) is 0 Å². The minimum atomic E-state index is -0.981. The monoisotopic (exact) mass is 212 g/mol. The molecule has 2 atom stereocenters. The van der Waals surface area contributed by atoms with E-state index in [1.54, 1.807) is 0 Å². The highest BCUT2D eigenvalue weighted by molar-refractivity contribution is 6.05. The van der Waals surface area contributed by atoms with Gasteiger partial charge in [0.15, 0.2) is 5.79 Å². The predicted molar refractivity (Wildman–Crippen MR) is 52.2 cm³/mol. The van der Waals surface area contributed by atoms with Crippen molar-refractivity contribution >= 4 is 11.6 Å². The van der Waals surface area contributed by atoms with Crippen molar-refractivity contribution in [2.75, 3.05) is 14.2 Å². The molecular weight excluding hydrogens is 196 g/mol. The quantitative estimate of drug-likeness (QED) is 0.505. The van der Waals surface area contributed by atoms with E-state index < -0.39 is 5.79 Å². The summed E-state index contributed by atoms with van der Waals surface area (Å²) < 4.78 is 10.7. The molecule has 0 aromatic heterocycles. The molecule has 0 radical (unpaired) electrons. The lowest BCUT2D eigenvalue weighted by atomic mass is 9.66. The van der Waals surface area contributed by atoms with E-state index in [0.29, 0.717) is 0 Å². The van der Waals surface area contributed by atoms with Gasteiger partial charge >= 0.3 is 0 Å². The third-order valence-electron chi connectivity index (χ3n) is 3.72. The summed E-state index contributed by atoms with van der Waals surface area (Å²) in [6, 6.07) is 0. The second-order valence-corrected chi connectivity index (χ2v) is 4.28. The number of carbonyl (C=O) groups is 2. The maximum absolute atomic E-state index is 11.8. The first kappa shape index (κ1) is 10.8. The van der Waals surface area contributed by atoms with Crippen molar-refractivity contribution in [3.8, 4) is 0 Å². The number of rotatable bonds is 2. The largest absolute Gasteiger partial charge is 0.352 e. The predicted octanol–water partition coefficient (Wildman–Crippen LogP) is 0.934. The number of fused-ring (bicyclic) bond motifs is 2. The van der Waals surface area contributed by atoms with Crippen molar-refractivity contribution < 1.29 is 19.1 Å². The molecule has 2 unspecified atom stereocenters. The first-order chi connectivity index (χ1) is 7.15. The first-order valence-corrected chi connectivity index (χ1v) is 5.31. The van der Waals surface area contributed by atoms with Gasteiger partial charge in [-0.1, -0.05) is 6.42 Å². The second kappa shape index (κ2) is 3.68. The average molecular weight is 212 g/mol. The number of methoxy groups -OCH3 is 2. The molecule has 0 spiro atoms. The van der Waals surface area contributed by atoms with Crippen LogP contribution in [0.3, 0.4) is 0 Å². The normalized spacial score (nSPS) is 34.3. The number of carbonyl (C=O) groups excluding carboxylic acids is 2. The molecule has 84 valence electrons. The number of hydrogen-bond acceptors (Lipinski definition) is 4. The van der Waals surface area contributed by atoms with Gasteiger partial charge in [-0.15, -0.1) is 0 Å². The van der Waals surface area contributed by atoms with Crippen LogP contribution in [0.4, 0.5) is 0 Å². The van der Waals surface area contributed by atoms with Gasteiger partial charge in [-0.25, -0.2) is 0 Å². The lowest BCUT2D eigenvalue weighted by Gasteiger charge is -2.48. The fraction of sp³-hybridized carbons (Fsp3) is 0.818. The summed E-state index contributed by atoms with van der Waals surface area (Å²) in [7, 11) is 3.03. The Balaban J connectivity index is 2.41. The Labute approximate surface area is 88.9 Å². The molecule has 2 saturated carbocycles. The molecule has 0 aromatic carbocycles. The van der Waals surface area contributed by atoms with E-state index in [1.807, 2.05) is 0 Å². The van der Waals surface area contributed by atoms with Crippen LogP contribution in [-0.4, -0.2) is 31.6 Å². The van der Waals surface area contributed by atoms with Crippen molar-refractivity contribution in [2.45, 2.75) is 31.5 Å². The van der Waals surface area contributed by atoms with Gasteiger partial charge in [0.25, 0.3) is 0 Å². The van der Waals surface area contributed by atoms with Gasteiger partial charge in [0.1, 0.15) is 11.6 Å². The molecule has 0 amide bonds. The maximum atomic E-state index is 11.8. The zero-order valence-corrected chi connectivity index (χ0v) is 9.12. The average Bonchev–Trinajstić information content (AvgIpc) is 2.25. The van der Waals surface area contributed by atoms with E-state index in [4.69, 9.17) is 9.47 Å². The highest BCUT2D eigenvalue weighted by atomic mass is 16.7. The van der Waals surface area contributed by atoms with Crippen LogP contribution in [0.2, 0.25) is 0 Å². The van der Waals surface area contributed by atoms with Crippen LogP contribution in [-0.2, 0) is 19.1 Å². The molecule has 0 heterocycles. The van der Waals surface area contributed by atoms with Gasteiger partial charge in [-0.3, -0.25) is 9.59 Å². The van der Waals surface area contributed by atoms with Crippen LogP contribution in [0.1, 0.15) is 25.7 Å². The molecule has 0 saturated heterocycles. The molecule has 2 fully saturated rings. The van der Waals surface area contributed by atoms with Gasteiger partial charge in [0.2, 0.25) is 0 Å². The minimum Gasteiger partial charge on any atom is -0.352 e. The third-order valence-corrected chi connectivity index (χ3v) is 3.72. The standard InChI is InChI=1S/C11H16O4/c1-14-11(15-2)7-4-3-5-8(11)10(13)6-9(7)12/h7-8H,3-6H2,1-2H3. The van der Waals surface area contributed by atoms with Crippen LogP contribution in [0.5, 0.6) is 0 Å². The van der Waals surface area contributed by atoms with E-state index in [1.165, 1.54) is 14.2 Å². The molecular formula is C11H16O4. The summed E-state index contributed by atoms with van der Waals surface area (Å²) in [4.78, 5) is 23.5. The Hall–Kier alpha value is -0.740. The number of Topliss-reactive ketones (excluding diaryl/α,β-unsaturated/α-hetero) is 2. The molecule has 0 aliphatic heterocycles. The molecule has 4 nitrogen and oxygen atoms in total. The molecule has 2 rings (SSSR count). The highest BCUT2D eigenvalue weighted by Gasteiger charge is 2.58. The van der Waals surface area contributed by atoms with Crippen molar-refractivity contribution in [1.29, 1.82) is 0 Å². The van der Waals surface area contributed by atoms with Gasteiger partial charge in [-0.2, -0.15) is 0 Å². The second-order valence-electron chi connectivity index (χ2n) is 4.28. The van der Waals surface area contributed by atoms with Crippen LogP contribution in [0.15, 0.2) is 0 Å². The summed E-state index contributed by atoms with van der Waals surface area (Å²) >= 11 is 0. The number of ketones is 2. The zero-order chi connectivity index (χ0) is 11.1. The van der Waals surface area contributed by atoms with Crippen LogP contribution in [0.25, 0.3) is 0 Å². The fourth-order valence-corrected chi connectivity index (χ4v) is 3.01. The van der Waals surface area contributed by atoms with Crippen molar-refractivity contribution in [3.63, 3.8) is 0 Å². The summed E-state index contributed by atoms with van der Waals surface area (Å²) in [5.41, 5.74) is 0. The maximum Gasteiger partial charge on any atom is 0.187 e. The number of hydrogen-bond donors (Lipinski definition) is 0. The Morgan fingerprint density at radius 2 is 1.53 bits per heavy atom. The molecule has 0 N–H and O–H groups in total. The molecule has 15 heavy (non-hydrogen) atoms. The summed E-state index contributed by atoms with van der Waals surface area (Å²) in [6.45, 7) is 0. The number of ether oxygens (including phenoxy) is 2. The minimum absolute atomic E-state index is 0.0281. The smallest absolute Gasteiger partial charge is 0.187 e. The van der Waals surface area contributed by atoms with Crippen LogP contribution >= 0.6 is 0 Å². The van der Waals surface area contributed by atoms with Gasteiger partial charge in [-0.05, 0) is 12.8 Å². The molecule has 2 aliphatic rings. The summed E-state index contributed by atoms with van der Waals surface area (Å²) in [6.07, 6.45) is 2.50. The molecule has 4 heteroatoms. The van der Waals surface area contributed by atoms with Gasteiger partial charge in [0.05, 0.1) is 18.3 Å². The van der Waals surface area contributed by atoms with E-state index in [2.05, 4.69) is 0 Å². The summed E-state index contributed by atoms with van der Waals surface area (Å²) in [5, 5.41) is 0. The summed E-state index contributed by atoms with van der Waals surface area (Å²) in [5.74, 6) is -1.56. The van der Waals surface area contributed by atoms with Gasteiger partial charge in [0, 0.05) is 14.2 Å².